The summed E-state index contributed by atoms with van der Waals surface area (Å²) in [6.07, 6.45) is 1.85. The zero-order valence-corrected chi connectivity index (χ0v) is 11.9. The molecule has 2 aromatic rings. The molecule has 2 rings (SSSR count). The lowest BCUT2D eigenvalue weighted by Gasteiger charge is -2.21. The molecule has 0 saturated heterocycles. The molecule has 0 aliphatic heterocycles. The predicted molar refractivity (Wildman–Crippen MR) is 81.7 cm³/mol. The van der Waals surface area contributed by atoms with Gasteiger partial charge in [0.2, 0.25) is 0 Å². The van der Waals surface area contributed by atoms with Crippen molar-refractivity contribution in [3.63, 3.8) is 0 Å². The molecule has 0 atom stereocenters. The lowest BCUT2D eigenvalue weighted by atomic mass is 10.1. The van der Waals surface area contributed by atoms with E-state index in [1.807, 2.05) is 12.3 Å². The molecule has 1 aromatic carbocycles. The maximum absolute atomic E-state index is 4.30. The van der Waals surface area contributed by atoms with Gasteiger partial charge in [-0.2, -0.15) is 0 Å². The number of hydrogen-bond acceptors (Lipinski definition) is 3. The molecule has 0 radical (unpaired) electrons. The van der Waals surface area contributed by atoms with Crippen molar-refractivity contribution in [3.05, 3.63) is 53.7 Å². The van der Waals surface area contributed by atoms with Crippen LogP contribution in [-0.4, -0.2) is 18.6 Å². The van der Waals surface area contributed by atoms with Crippen molar-refractivity contribution in [2.24, 2.45) is 0 Å². The fourth-order valence-electron chi connectivity index (χ4n) is 2.07. The minimum absolute atomic E-state index is 0.887. The zero-order valence-electron chi connectivity index (χ0n) is 11.9. The average molecular weight is 255 g/mol. The van der Waals surface area contributed by atoms with E-state index in [1.54, 1.807) is 0 Å². The highest BCUT2D eigenvalue weighted by molar-refractivity contribution is 5.53. The van der Waals surface area contributed by atoms with Crippen LogP contribution in [-0.2, 0) is 6.54 Å². The molecule has 0 amide bonds. The van der Waals surface area contributed by atoms with Gasteiger partial charge < -0.3 is 10.2 Å². The fraction of sp³-hybridized carbons (Fsp3) is 0.312. The van der Waals surface area contributed by atoms with Crippen molar-refractivity contribution in [3.8, 4) is 0 Å². The van der Waals surface area contributed by atoms with E-state index in [0.717, 1.165) is 18.9 Å². The molecule has 100 valence electrons. The number of aromatic nitrogens is 1. The molecule has 0 spiro atoms. The Morgan fingerprint density at radius 3 is 2.74 bits per heavy atom. The van der Waals surface area contributed by atoms with Crippen LogP contribution >= 0.6 is 0 Å². The molecule has 0 unspecified atom stereocenters. The molecule has 0 aliphatic carbocycles. The summed E-state index contributed by atoms with van der Waals surface area (Å²) in [6.45, 7) is 6.02. The quantitative estimate of drug-likeness (QED) is 0.887. The molecule has 3 nitrogen and oxygen atoms in total. The minimum Gasteiger partial charge on any atom is -0.370 e. The number of hydrogen-bond donors (Lipinski definition) is 1. The first-order chi connectivity index (χ1) is 9.20. The maximum atomic E-state index is 4.30. The second kappa shape index (κ2) is 6.23. The van der Waals surface area contributed by atoms with Gasteiger partial charge in [-0.1, -0.05) is 24.3 Å². The molecule has 0 fully saturated rings. The fourth-order valence-corrected chi connectivity index (χ4v) is 2.07. The predicted octanol–water partition coefficient (Wildman–Crippen LogP) is 3.46. The van der Waals surface area contributed by atoms with Crippen LogP contribution in [0.4, 0.5) is 11.5 Å². The second-order valence-corrected chi connectivity index (χ2v) is 4.71. The van der Waals surface area contributed by atoms with E-state index in [9.17, 15) is 0 Å². The van der Waals surface area contributed by atoms with Gasteiger partial charge in [0.25, 0.3) is 0 Å². The van der Waals surface area contributed by atoms with Crippen molar-refractivity contribution >= 4 is 11.5 Å². The van der Waals surface area contributed by atoms with E-state index in [2.05, 4.69) is 66.4 Å². The summed E-state index contributed by atoms with van der Waals surface area (Å²) in [7, 11) is 2.11. The normalized spacial score (nSPS) is 10.3. The van der Waals surface area contributed by atoms with Crippen LogP contribution in [0.25, 0.3) is 0 Å². The van der Waals surface area contributed by atoms with Crippen LogP contribution in [0, 0.1) is 6.92 Å². The zero-order chi connectivity index (χ0) is 13.7. The highest BCUT2D eigenvalue weighted by atomic mass is 15.1. The third kappa shape index (κ3) is 3.47. The second-order valence-electron chi connectivity index (χ2n) is 4.71. The summed E-state index contributed by atoms with van der Waals surface area (Å²) in [4.78, 5) is 6.54. The Bertz CT molecular complexity index is 537. The monoisotopic (exact) mass is 255 g/mol. The number of aryl methyl sites for hydroxylation is 1. The molecule has 0 aliphatic rings. The molecular formula is C16H21N3. The molecule has 0 saturated carbocycles. The van der Waals surface area contributed by atoms with Gasteiger partial charge in [0.15, 0.2) is 0 Å². The van der Waals surface area contributed by atoms with E-state index >= 15 is 0 Å². The van der Waals surface area contributed by atoms with Crippen molar-refractivity contribution in [2.75, 3.05) is 23.8 Å². The lowest BCUT2D eigenvalue weighted by molar-refractivity contribution is 0.912. The minimum atomic E-state index is 0.887. The molecule has 1 heterocycles. The van der Waals surface area contributed by atoms with Crippen LogP contribution < -0.4 is 10.2 Å². The van der Waals surface area contributed by atoms with Crippen LogP contribution in [0.2, 0.25) is 0 Å². The molecule has 1 N–H and O–H groups in total. The Balaban J connectivity index is 2.13. The van der Waals surface area contributed by atoms with Gasteiger partial charge in [-0.15, -0.1) is 0 Å². The smallest absolute Gasteiger partial charge is 0.127 e. The van der Waals surface area contributed by atoms with E-state index < -0.39 is 0 Å². The van der Waals surface area contributed by atoms with E-state index in [1.165, 1.54) is 16.8 Å². The van der Waals surface area contributed by atoms with Gasteiger partial charge >= 0.3 is 0 Å². The lowest BCUT2D eigenvalue weighted by Crippen LogP contribution is -2.17. The van der Waals surface area contributed by atoms with Crippen LogP contribution in [0.1, 0.15) is 18.1 Å². The van der Waals surface area contributed by atoms with Crippen LogP contribution in [0.15, 0.2) is 42.6 Å². The SMILES string of the molecule is CCNc1cc(N(C)Cc2ccccc2C)ccn1. The summed E-state index contributed by atoms with van der Waals surface area (Å²) in [5, 5.41) is 3.24. The highest BCUT2D eigenvalue weighted by Gasteiger charge is 2.05. The number of nitrogens with one attached hydrogen (secondary N) is 1. The van der Waals surface area contributed by atoms with Crippen molar-refractivity contribution < 1.29 is 0 Å². The first kappa shape index (κ1) is 13.4. The first-order valence-electron chi connectivity index (χ1n) is 6.66. The van der Waals surface area contributed by atoms with Crippen molar-refractivity contribution in [2.45, 2.75) is 20.4 Å². The Morgan fingerprint density at radius 2 is 2.00 bits per heavy atom. The largest absolute Gasteiger partial charge is 0.370 e. The maximum Gasteiger partial charge on any atom is 0.127 e. The van der Waals surface area contributed by atoms with Crippen molar-refractivity contribution in [1.29, 1.82) is 0 Å². The average Bonchev–Trinajstić information content (AvgIpc) is 2.42. The number of anilines is 2. The van der Waals surface area contributed by atoms with Gasteiger partial charge in [0.05, 0.1) is 0 Å². The Kier molecular flexibility index (Phi) is 4.39. The van der Waals surface area contributed by atoms with Crippen LogP contribution in [0.5, 0.6) is 0 Å². The number of nitrogens with zero attached hydrogens (tertiary/aromatic N) is 2. The number of benzene rings is 1. The first-order valence-corrected chi connectivity index (χ1v) is 6.66. The summed E-state index contributed by atoms with van der Waals surface area (Å²) in [6, 6.07) is 12.6. The topological polar surface area (TPSA) is 28.2 Å². The summed E-state index contributed by atoms with van der Waals surface area (Å²) in [5.41, 5.74) is 3.86. The Hall–Kier alpha value is -2.03. The Labute approximate surface area is 115 Å². The van der Waals surface area contributed by atoms with E-state index in [4.69, 9.17) is 0 Å². The van der Waals surface area contributed by atoms with Gasteiger partial charge in [0.1, 0.15) is 5.82 Å². The van der Waals surface area contributed by atoms with Gasteiger partial charge in [0, 0.05) is 38.1 Å². The standard InChI is InChI=1S/C16H21N3/c1-4-17-16-11-15(9-10-18-16)19(3)12-14-8-6-5-7-13(14)2/h5-11H,4,12H2,1-3H3,(H,17,18). The molecule has 3 heteroatoms. The number of pyridine rings is 1. The Morgan fingerprint density at radius 1 is 1.21 bits per heavy atom. The third-order valence-electron chi connectivity index (χ3n) is 3.21. The molecular weight excluding hydrogens is 234 g/mol. The van der Waals surface area contributed by atoms with Gasteiger partial charge in [-0.05, 0) is 31.0 Å². The highest BCUT2D eigenvalue weighted by Crippen LogP contribution is 2.19. The van der Waals surface area contributed by atoms with E-state index in [0.29, 0.717) is 0 Å². The van der Waals surface area contributed by atoms with Crippen LogP contribution in [0.3, 0.4) is 0 Å². The number of rotatable bonds is 5. The third-order valence-corrected chi connectivity index (χ3v) is 3.21. The molecule has 1 aromatic heterocycles. The summed E-state index contributed by atoms with van der Waals surface area (Å²) < 4.78 is 0. The van der Waals surface area contributed by atoms with Gasteiger partial charge in [-0.3, -0.25) is 0 Å². The summed E-state index contributed by atoms with van der Waals surface area (Å²) >= 11 is 0. The van der Waals surface area contributed by atoms with Crippen molar-refractivity contribution in [1.82, 2.24) is 4.98 Å². The molecule has 19 heavy (non-hydrogen) atoms. The summed E-state index contributed by atoms with van der Waals surface area (Å²) in [5.74, 6) is 0.927. The van der Waals surface area contributed by atoms with E-state index in [-0.39, 0.29) is 0 Å². The van der Waals surface area contributed by atoms with Gasteiger partial charge in [-0.25, -0.2) is 4.98 Å². The molecule has 0 bridgehead atoms.